The largest absolute Gasteiger partial charge is 0.481 e. The van der Waals surface area contributed by atoms with Gasteiger partial charge in [0, 0.05) is 18.2 Å². The van der Waals surface area contributed by atoms with E-state index in [9.17, 15) is 28.8 Å². The number of rotatable bonds is 8. The number of esters is 3. The van der Waals surface area contributed by atoms with Crippen molar-refractivity contribution in [3.05, 3.63) is 24.8 Å². The minimum Gasteiger partial charge on any atom is -0.481 e. The molecule has 13 heteroatoms. The number of hydrogen-bond acceptors (Lipinski definition) is 10. The van der Waals surface area contributed by atoms with Crippen molar-refractivity contribution in [1.29, 1.82) is 0 Å². The predicted octanol–water partition coefficient (Wildman–Crippen LogP) is 0.922. The van der Waals surface area contributed by atoms with Gasteiger partial charge in [0.05, 0.1) is 47.7 Å². The van der Waals surface area contributed by atoms with Crippen LogP contribution >= 0.6 is 0 Å². The van der Waals surface area contributed by atoms with Gasteiger partial charge in [-0.1, -0.05) is 13.2 Å². The first-order valence-corrected chi connectivity index (χ1v) is 8.59. The minimum absolute atomic E-state index is 0.0498. The normalized spacial score (nSPS) is 8.03. The summed E-state index contributed by atoms with van der Waals surface area (Å²) in [7, 11) is 5.08. The monoisotopic (exact) mass is 465 g/mol. The molecule has 3 N–H and O–H groups in total. The van der Waals surface area contributed by atoms with Gasteiger partial charge in [-0.05, 0) is 6.92 Å². The average Bonchev–Trinajstić information content (AvgIpc) is 2.76. The van der Waals surface area contributed by atoms with Gasteiger partial charge < -0.3 is 34.5 Å². The van der Waals surface area contributed by atoms with E-state index in [0.29, 0.717) is 5.57 Å². The molecule has 184 valence electrons. The summed E-state index contributed by atoms with van der Waals surface area (Å²) < 4.78 is 16.8. The molecule has 1 amide bonds. The van der Waals surface area contributed by atoms with Crippen molar-refractivity contribution in [3.8, 4) is 0 Å². The van der Waals surface area contributed by atoms with Gasteiger partial charge >= 0.3 is 35.9 Å². The van der Waals surface area contributed by atoms with Crippen LogP contribution in [0.4, 0.5) is 4.79 Å². The van der Waals surface area contributed by atoms with Crippen LogP contribution in [-0.4, -0.2) is 81.1 Å². The smallest absolute Gasteiger partial charge is 0.406 e. The van der Waals surface area contributed by atoms with Crippen LogP contribution in [0.25, 0.3) is 0 Å². The van der Waals surface area contributed by atoms with Crippen molar-refractivity contribution in [2.75, 3.05) is 35.0 Å². The van der Waals surface area contributed by atoms with E-state index in [2.05, 4.69) is 37.4 Å². The van der Waals surface area contributed by atoms with Gasteiger partial charge in [-0.2, -0.15) is 0 Å². The highest BCUT2D eigenvalue weighted by molar-refractivity contribution is 5.86. The number of amides is 1. The molecule has 0 aliphatic heterocycles. The van der Waals surface area contributed by atoms with Gasteiger partial charge in [-0.25, -0.2) is 14.4 Å². The molecule has 0 unspecified atom stereocenters. The lowest BCUT2D eigenvalue weighted by molar-refractivity contribution is -0.145. The van der Waals surface area contributed by atoms with Crippen molar-refractivity contribution in [2.24, 2.45) is 0 Å². The molecule has 0 heterocycles. The fraction of sp³-hybridized carbons (Fsp3) is 0.474. The van der Waals surface area contributed by atoms with E-state index in [1.54, 1.807) is 6.92 Å². The Morgan fingerprint density at radius 1 is 0.812 bits per heavy atom. The van der Waals surface area contributed by atoms with Gasteiger partial charge in [0.15, 0.2) is 0 Å². The molecule has 0 aromatic heterocycles. The maximum absolute atomic E-state index is 10.3. The second kappa shape index (κ2) is 25.1. The number of aliphatic carboxylic acids is 2. The summed E-state index contributed by atoms with van der Waals surface area (Å²) in [5, 5.41) is 18.4. The maximum Gasteiger partial charge on any atom is 0.406 e. The van der Waals surface area contributed by atoms with E-state index in [1.165, 1.54) is 28.4 Å². The molecule has 0 saturated carbocycles. The SMILES string of the molecule is C=C(C)C(=O)OC.C=CC(=O)OC.COC(=O)CCC(=O)O.COC(=O)NCCC(=O)O. The number of carbonyl (C=O) groups is 6. The zero-order chi connectivity index (χ0) is 26.1. The fourth-order valence-electron chi connectivity index (χ4n) is 0.912. The molecule has 0 fully saturated rings. The molecule has 0 aliphatic carbocycles. The fourth-order valence-corrected chi connectivity index (χ4v) is 0.912. The average molecular weight is 465 g/mol. The Kier molecular flexibility index (Phi) is 27.9. The van der Waals surface area contributed by atoms with Gasteiger partial charge in [-0.15, -0.1) is 0 Å². The Morgan fingerprint density at radius 3 is 1.53 bits per heavy atom. The van der Waals surface area contributed by atoms with Crippen LogP contribution in [0.2, 0.25) is 0 Å². The minimum atomic E-state index is -0.986. The number of alkyl carbamates (subject to hydrolysis) is 1. The van der Waals surface area contributed by atoms with E-state index in [1.807, 2.05) is 0 Å². The van der Waals surface area contributed by atoms with E-state index in [-0.39, 0.29) is 31.8 Å². The first-order valence-electron chi connectivity index (χ1n) is 8.59. The number of hydrogen-bond donors (Lipinski definition) is 3. The first kappa shape index (κ1) is 35.5. The van der Waals surface area contributed by atoms with Crippen LogP contribution in [-0.2, 0) is 42.9 Å². The Labute approximate surface area is 186 Å². The molecule has 13 nitrogen and oxygen atoms in total. The van der Waals surface area contributed by atoms with E-state index in [4.69, 9.17) is 10.2 Å². The predicted molar refractivity (Wildman–Crippen MR) is 111 cm³/mol. The Bertz CT molecular complexity index is 628. The molecular weight excluding hydrogens is 434 g/mol. The van der Waals surface area contributed by atoms with Gasteiger partial charge in [-0.3, -0.25) is 14.4 Å². The molecule has 0 bridgehead atoms. The second-order valence-electron chi connectivity index (χ2n) is 5.03. The van der Waals surface area contributed by atoms with Crippen LogP contribution in [0.15, 0.2) is 24.8 Å². The quantitative estimate of drug-likeness (QED) is 0.261. The highest BCUT2D eigenvalue weighted by Gasteiger charge is 2.03. The number of carbonyl (C=O) groups excluding carboxylic acids is 4. The van der Waals surface area contributed by atoms with E-state index >= 15 is 0 Å². The number of nitrogens with one attached hydrogen (secondary N) is 1. The molecular formula is C19H31NO12. The second-order valence-corrected chi connectivity index (χ2v) is 5.03. The molecule has 0 rings (SSSR count). The summed E-state index contributed by atoms with van der Waals surface area (Å²) in [6.07, 6.45) is 0.203. The summed E-state index contributed by atoms with van der Waals surface area (Å²) in [5.74, 6) is -3.16. The van der Waals surface area contributed by atoms with E-state index < -0.39 is 30.0 Å². The van der Waals surface area contributed by atoms with Crippen molar-refractivity contribution < 1.29 is 57.9 Å². The Morgan fingerprint density at radius 2 is 1.31 bits per heavy atom. The number of methoxy groups -OCH3 is 4. The summed E-state index contributed by atoms with van der Waals surface area (Å²) in [5.41, 5.74) is 0.433. The molecule has 32 heavy (non-hydrogen) atoms. The number of carboxylic acid groups (broad SMARTS) is 2. The summed E-state index contributed by atoms with van der Waals surface area (Å²) in [6, 6.07) is 0. The van der Waals surface area contributed by atoms with Gasteiger partial charge in [0.2, 0.25) is 0 Å². The lowest BCUT2D eigenvalue weighted by Crippen LogP contribution is -2.25. The molecule has 0 radical (unpaired) electrons. The van der Waals surface area contributed by atoms with Crippen LogP contribution in [0.5, 0.6) is 0 Å². The standard InChI is InChI=1S/C5H9NO4.C5H8O4.C5H8O2.C4H6O2/c1-10-5(9)6-3-2-4(7)8;1-9-5(8)3-2-4(6)7;1-4(2)5(6)7-3;1-3-4(5)6-2/h2-3H2,1H3,(H,6,9)(H,7,8);2-3H2,1H3,(H,6,7);1H2,2-3H3;3H,1H2,2H3. The highest BCUT2D eigenvalue weighted by atomic mass is 16.5. The summed E-state index contributed by atoms with van der Waals surface area (Å²) in [4.78, 5) is 60.2. The summed E-state index contributed by atoms with van der Waals surface area (Å²) >= 11 is 0. The third-order valence-corrected chi connectivity index (χ3v) is 2.47. The van der Waals surface area contributed by atoms with Crippen LogP contribution in [0.1, 0.15) is 26.2 Å². The van der Waals surface area contributed by atoms with Crippen molar-refractivity contribution in [1.82, 2.24) is 5.32 Å². The number of carboxylic acids is 2. The van der Waals surface area contributed by atoms with Crippen LogP contribution in [0.3, 0.4) is 0 Å². The molecule has 0 saturated heterocycles. The summed E-state index contributed by atoms with van der Waals surface area (Å²) in [6.45, 7) is 8.21. The third-order valence-electron chi connectivity index (χ3n) is 2.47. The van der Waals surface area contributed by atoms with Gasteiger partial charge in [0.1, 0.15) is 0 Å². The van der Waals surface area contributed by atoms with Gasteiger partial charge in [0.25, 0.3) is 0 Å². The molecule has 0 aromatic carbocycles. The topological polar surface area (TPSA) is 192 Å². The van der Waals surface area contributed by atoms with Crippen molar-refractivity contribution in [2.45, 2.75) is 26.2 Å². The maximum atomic E-state index is 10.3. The van der Waals surface area contributed by atoms with Crippen LogP contribution in [0, 0.1) is 0 Å². The van der Waals surface area contributed by atoms with E-state index in [0.717, 1.165) is 6.08 Å². The Hall–Kier alpha value is -3.90. The number of ether oxygens (including phenoxy) is 4. The zero-order valence-corrected chi connectivity index (χ0v) is 18.8. The van der Waals surface area contributed by atoms with Crippen LogP contribution < -0.4 is 5.32 Å². The highest BCUT2D eigenvalue weighted by Crippen LogP contribution is 1.90. The molecule has 0 spiro atoms. The third kappa shape index (κ3) is 36.9. The first-order chi connectivity index (χ1) is 14.8. The Balaban J connectivity index is -0.000000166. The molecule has 0 atom stereocenters. The molecule has 0 aliphatic rings. The lowest BCUT2D eigenvalue weighted by atomic mass is 10.3. The van der Waals surface area contributed by atoms with Crippen molar-refractivity contribution in [3.63, 3.8) is 0 Å². The zero-order valence-electron chi connectivity index (χ0n) is 18.8. The lowest BCUT2D eigenvalue weighted by Gasteiger charge is -1.99. The molecule has 0 aromatic rings. The van der Waals surface area contributed by atoms with Crippen molar-refractivity contribution >= 4 is 35.9 Å².